The number of aromatic nitrogens is 2. The minimum Gasteiger partial charge on any atom is -0.365 e. The quantitative estimate of drug-likeness (QED) is 0.706. The van der Waals surface area contributed by atoms with Crippen molar-refractivity contribution < 1.29 is 9.59 Å². The average molecular weight is 352 g/mol. The van der Waals surface area contributed by atoms with Gasteiger partial charge in [0.05, 0.1) is 18.5 Å². The number of nitrogens with one attached hydrogen (secondary N) is 2. The van der Waals surface area contributed by atoms with Crippen molar-refractivity contribution in [2.75, 3.05) is 10.6 Å². The highest BCUT2D eigenvalue weighted by Gasteiger charge is 2.33. The van der Waals surface area contributed by atoms with Crippen LogP contribution in [0, 0.1) is 17.2 Å². The minimum atomic E-state index is -0.583. The third-order valence-corrected chi connectivity index (χ3v) is 4.27. The Balaban J connectivity index is 1.83. The second-order valence-corrected chi connectivity index (χ2v) is 6.39. The summed E-state index contributed by atoms with van der Waals surface area (Å²) in [7, 11) is 0. The Bertz CT molecular complexity index is 861. The predicted molar refractivity (Wildman–Crippen MR) is 96.8 cm³/mol. The van der Waals surface area contributed by atoms with E-state index in [4.69, 9.17) is 11.0 Å². The fraction of sp³-hybridized carbons (Fsp3) is 0.333. The molecule has 8 nitrogen and oxygen atoms in total. The molecule has 2 amide bonds. The first-order valence-corrected chi connectivity index (χ1v) is 8.38. The molecule has 1 heterocycles. The molecule has 134 valence electrons. The first-order valence-electron chi connectivity index (χ1n) is 8.38. The van der Waals surface area contributed by atoms with Crippen molar-refractivity contribution in [3.05, 3.63) is 36.0 Å². The van der Waals surface area contributed by atoms with Gasteiger partial charge in [0.1, 0.15) is 5.56 Å². The van der Waals surface area contributed by atoms with E-state index in [-0.39, 0.29) is 17.5 Å². The van der Waals surface area contributed by atoms with Gasteiger partial charge in [-0.15, -0.1) is 0 Å². The number of rotatable bonds is 7. The summed E-state index contributed by atoms with van der Waals surface area (Å²) in [5.74, 6) is 0.0395. The molecule has 1 aromatic carbocycles. The summed E-state index contributed by atoms with van der Waals surface area (Å²) in [6, 6.07) is 9.16. The normalized spacial score (nSPS) is 14.3. The van der Waals surface area contributed by atoms with E-state index in [1.54, 1.807) is 35.1 Å². The molecule has 0 spiro atoms. The van der Waals surface area contributed by atoms with Gasteiger partial charge in [-0.1, -0.05) is 0 Å². The second kappa shape index (κ2) is 7.27. The number of carbonyl (C=O) groups excluding carboxylic acids is 2. The van der Waals surface area contributed by atoms with Crippen LogP contribution in [0.25, 0.3) is 0 Å². The first-order chi connectivity index (χ1) is 12.5. The predicted octanol–water partition coefficient (Wildman–Crippen LogP) is 2.55. The number of benzene rings is 1. The third kappa shape index (κ3) is 4.00. The smallest absolute Gasteiger partial charge is 0.254 e. The summed E-state index contributed by atoms with van der Waals surface area (Å²) in [6.07, 6.45) is 4.07. The van der Waals surface area contributed by atoms with Crippen LogP contribution in [0.5, 0.6) is 0 Å². The molecule has 0 radical (unpaired) electrons. The molecule has 8 heteroatoms. The van der Waals surface area contributed by atoms with E-state index in [1.807, 2.05) is 0 Å². The highest BCUT2D eigenvalue weighted by molar-refractivity contribution is 5.98. The molecular weight excluding hydrogens is 332 g/mol. The van der Waals surface area contributed by atoms with Crippen LogP contribution in [0.15, 0.2) is 30.5 Å². The van der Waals surface area contributed by atoms with Gasteiger partial charge in [-0.3, -0.25) is 14.3 Å². The molecule has 1 atom stereocenters. The zero-order chi connectivity index (χ0) is 18.7. The Morgan fingerprint density at radius 3 is 2.54 bits per heavy atom. The van der Waals surface area contributed by atoms with E-state index >= 15 is 0 Å². The molecule has 26 heavy (non-hydrogen) atoms. The molecule has 1 aliphatic rings. The highest BCUT2D eigenvalue weighted by Crippen LogP contribution is 2.41. The second-order valence-electron chi connectivity index (χ2n) is 6.39. The van der Waals surface area contributed by atoms with Gasteiger partial charge >= 0.3 is 0 Å². The molecule has 0 saturated heterocycles. The van der Waals surface area contributed by atoms with Crippen LogP contribution in [0.4, 0.5) is 17.2 Å². The van der Waals surface area contributed by atoms with Crippen LogP contribution < -0.4 is 16.4 Å². The molecule has 1 aliphatic carbocycles. The van der Waals surface area contributed by atoms with Crippen molar-refractivity contribution in [3.8, 4) is 6.07 Å². The summed E-state index contributed by atoms with van der Waals surface area (Å²) < 4.78 is 1.68. The Morgan fingerprint density at radius 1 is 1.35 bits per heavy atom. The van der Waals surface area contributed by atoms with E-state index in [9.17, 15) is 9.59 Å². The van der Waals surface area contributed by atoms with Crippen LogP contribution in [0.3, 0.4) is 0 Å². The number of hydrogen-bond acceptors (Lipinski definition) is 5. The van der Waals surface area contributed by atoms with E-state index in [1.165, 1.54) is 6.92 Å². The SMILES string of the molecule is CC(=O)Nc1ccc(Nc2nn(C(CC#N)C3CC3)cc2C(N)=O)cc1. The molecule has 1 aromatic heterocycles. The zero-order valence-corrected chi connectivity index (χ0v) is 14.4. The lowest BCUT2D eigenvalue weighted by Crippen LogP contribution is -2.12. The van der Waals surface area contributed by atoms with E-state index < -0.39 is 5.91 Å². The van der Waals surface area contributed by atoms with Gasteiger partial charge in [0.2, 0.25) is 5.91 Å². The number of nitrogens with two attached hydrogens (primary N) is 1. The van der Waals surface area contributed by atoms with Gasteiger partial charge < -0.3 is 16.4 Å². The Hall–Kier alpha value is -3.34. The van der Waals surface area contributed by atoms with Gasteiger partial charge in [0.25, 0.3) is 5.91 Å². The van der Waals surface area contributed by atoms with Crippen LogP contribution in [0.1, 0.15) is 42.6 Å². The topological polar surface area (TPSA) is 126 Å². The summed E-state index contributed by atoms with van der Waals surface area (Å²) >= 11 is 0. The molecule has 0 bridgehead atoms. The fourth-order valence-corrected chi connectivity index (χ4v) is 2.86. The van der Waals surface area contributed by atoms with Crippen LogP contribution in [-0.2, 0) is 4.79 Å². The monoisotopic (exact) mass is 352 g/mol. The maximum Gasteiger partial charge on any atom is 0.254 e. The van der Waals surface area contributed by atoms with Crippen molar-refractivity contribution in [1.82, 2.24) is 9.78 Å². The van der Waals surface area contributed by atoms with E-state index in [0.29, 0.717) is 29.5 Å². The summed E-state index contributed by atoms with van der Waals surface area (Å²) in [5.41, 5.74) is 7.14. The highest BCUT2D eigenvalue weighted by atomic mass is 16.1. The van der Waals surface area contributed by atoms with Crippen LogP contribution >= 0.6 is 0 Å². The number of hydrogen-bond donors (Lipinski definition) is 3. The van der Waals surface area contributed by atoms with Crippen molar-refractivity contribution in [2.45, 2.75) is 32.2 Å². The number of anilines is 3. The summed E-state index contributed by atoms with van der Waals surface area (Å²) in [5, 5.41) is 19.3. The minimum absolute atomic E-state index is 0.0456. The van der Waals surface area contributed by atoms with Crippen molar-refractivity contribution in [1.29, 1.82) is 5.26 Å². The Labute approximate surface area is 151 Å². The number of carbonyl (C=O) groups is 2. The van der Waals surface area contributed by atoms with E-state index in [2.05, 4.69) is 21.8 Å². The number of primary amides is 1. The molecule has 2 aromatic rings. The van der Waals surface area contributed by atoms with Gasteiger partial charge in [-0.05, 0) is 43.0 Å². The maximum atomic E-state index is 11.8. The standard InChI is InChI=1S/C18H20N6O2/c1-11(25)21-13-4-6-14(7-5-13)22-18-15(17(20)26)10-24(23-18)16(8-9-19)12-2-3-12/h4-7,10,12,16H,2-3,8H2,1H3,(H2,20,26)(H,21,25)(H,22,23). The van der Waals surface area contributed by atoms with Crippen molar-refractivity contribution in [2.24, 2.45) is 11.7 Å². The Kier molecular flexibility index (Phi) is 4.89. The molecule has 0 aliphatic heterocycles. The van der Waals surface area contributed by atoms with Crippen molar-refractivity contribution in [3.63, 3.8) is 0 Å². The number of nitrogens with zero attached hydrogens (tertiary/aromatic N) is 3. The number of nitriles is 1. The lowest BCUT2D eigenvalue weighted by atomic mass is 10.1. The molecule has 4 N–H and O–H groups in total. The first kappa shape index (κ1) is 17.5. The third-order valence-electron chi connectivity index (χ3n) is 4.27. The summed E-state index contributed by atoms with van der Waals surface area (Å²) in [4.78, 5) is 22.9. The number of amides is 2. The van der Waals surface area contributed by atoms with E-state index in [0.717, 1.165) is 12.8 Å². The fourth-order valence-electron chi connectivity index (χ4n) is 2.86. The van der Waals surface area contributed by atoms with Gasteiger partial charge in [-0.25, -0.2) is 0 Å². The lowest BCUT2D eigenvalue weighted by Gasteiger charge is -2.12. The lowest BCUT2D eigenvalue weighted by molar-refractivity contribution is -0.114. The zero-order valence-electron chi connectivity index (χ0n) is 14.4. The van der Waals surface area contributed by atoms with Gasteiger partial charge in [-0.2, -0.15) is 10.4 Å². The molecule has 1 unspecified atom stereocenters. The molecule has 1 fully saturated rings. The van der Waals surface area contributed by atoms with Gasteiger partial charge in [0.15, 0.2) is 5.82 Å². The van der Waals surface area contributed by atoms with Gasteiger partial charge in [0, 0.05) is 24.5 Å². The molecule has 3 rings (SSSR count). The van der Waals surface area contributed by atoms with Crippen LogP contribution in [-0.4, -0.2) is 21.6 Å². The van der Waals surface area contributed by atoms with Crippen molar-refractivity contribution >= 4 is 29.0 Å². The molecular formula is C18H20N6O2. The molecule has 1 saturated carbocycles. The summed E-state index contributed by atoms with van der Waals surface area (Å²) in [6.45, 7) is 1.44. The largest absolute Gasteiger partial charge is 0.365 e. The average Bonchev–Trinajstić information content (AvgIpc) is 3.34. The van der Waals surface area contributed by atoms with Crippen LogP contribution in [0.2, 0.25) is 0 Å². The maximum absolute atomic E-state index is 11.8. The Morgan fingerprint density at radius 2 is 2.00 bits per heavy atom.